The first-order valence-electron chi connectivity index (χ1n) is 9.31. The van der Waals surface area contributed by atoms with Crippen LogP contribution in [0.1, 0.15) is 66.2 Å². The van der Waals surface area contributed by atoms with Gasteiger partial charge in [-0.15, -0.1) is 0 Å². The van der Waals surface area contributed by atoms with E-state index < -0.39 is 8.32 Å². The fraction of sp³-hybridized carbons (Fsp3) is 0.800. The molecule has 1 heterocycles. The van der Waals surface area contributed by atoms with Crippen molar-refractivity contribution in [3.63, 3.8) is 0 Å². The molecule has 1 fully saturated rings. The summed E-state index contributed by atoms with van der Waals surface area (Å²) in [6, 6.07) is 0. The van der Waals surface area contributed by atoms with Crippen LogP contribution < -0.4 is 0 Å². The van der Waals surface area contributed by atoms with Gasteiger partial charge in [-0.05, 0) is 31.0 Å². The van der Waals surface area contributed by atoms with Crippen molar-refractivity contribution in [1.29, 1.82) is 0 Å². The first-order valence-corrected chi connectivity index (χ1v) is 12.2. The zero-order valence-corrected chi connectivity index (χ0v) is 17.3. The normalized spacial score (nSPS) is 21.8. The Balaban J connectivity index is 2.16. The van der Waals surface area contributed by atoms with Gasteiger partial charge in [0.25, 0.3) is 0 Å². The maximum Gasteiger partial charge on any atom is 0.192 e. The Bertz CT molecular complexity index is 393. The molecule has 0 aromatic rings. The molecular formula is C20H38O2Si. The molecule has 0 radical (unpaired) electrons. The van der Waals surface area contributed by atoms with Crippen LogP contribution in [0.5, 0.6) is 0 Å². The lowest BCUT2D eigenvalue weighted by Gasteiger charge is -2.36. The van der Waals surface area contributed by atoms with Gasteiger partial charge in [0.1, 0.15) is 6.10 Å². The Morgan fingerprint density at radius 1 is 1.17 bits per heavy atom. The van der Waals surface area contributed by atoms with Crippen molar-refractivity contribution in [2.24, 2.45) is 0 Å². The monoisotopic (exact) mass is 338 g/mol. The number of epoxide rings is 1. The highest BCUT2D eigenvalue weighted by Crippen LogP contribution is 2.38. The first-order chi connectivity index (χ1) is 10.7. The van der Waals surface area contributed by atoms with Gasteiger partial charge in [0.15, 0.2) is 8.32 Å². The van der Waals surface area contributed by atoms with Crippen LogP contribution in [0.2, 0.25) is 18.1 Å². The maximum atomic E-state index is 6.23. The molecule has 134 valence electrons. The van der Waals surface area contributed by atoms with Crippen molar-refractivity contribution in [1.82, 2.24) is 0 Å². The summed E-state index contributed by atoms with van der Waals surface area (Å²) in [7, 11) is -1.65. The lowest BCUT2D eigenvalue weighted by molar-refractivity contribution is 0.241. The van der Waals surface area contributed by atoms with Crippen LogP contribution in [0, 0.1) is 0 Å². The average molecular weight is 339 g/mol. The summed E-state index contributed by atoms with van der Waals surface area (Å²) in [6.07, 6.45) is 12.4. The summed E-state index contributed by atoms with van der Waals surface area (Å²) >= 11 is 0. The maximum absolute atomic E-state index is 6.23. The predicted octanol–water partition coefficient (Wildman–Crippen LogP) is 6.25. The van der Waals surface area contributed by atoms with Crippen LogP contribution in [0.4, 0.5) is 0 Å². The lowest BCUT2D eigenvalue weighted by atomic mass is 10.1. The summed E-state index contributed by atoms with van der Waals surface area (Å²) in [5.41, 5.74) is 1.18. The summed E-state index contributed by atoms with van der Waals surface area (Å²) in [5.74, 6) is 0. The van der Waals surface area contributed by atoms with Gasteiger partial charge in [0.2, 0.25) is 0 Å². The molecule has 0 bridgehead atoms. The molecule has 0 spiro atoms. The van der Waals surface area contributed by atoms with Gasteiger partial charge in [-0.1, -0.05) is 71.3 Å². The summed E-state index contributed by atoms with van der Waals surface area (Å²) in [6.45, 7) is 18.6. The number of rotatable bonds is 11. The quantitative estimate of drug-likeness (QED) is 0.192. The van der Waals surface area contributed by atoms with Crippen molar-refractivity contribution in [3.05, 3.63) is 24.3 Å². The van der Waals surface area contributed by atoms with Crippen LogP contribution in [0.25, 0.3) is 0 Å². The minimum absolute atomic E-state index is 0.265. The van der Waals surface area contributed by atoms with E-state index in [1.54, 1.807) is 0 Å². The van der Waals surface area contributed by atoms with Crippen LogP contribution in [-0.2, 0) is 9.16 Å². The third-order valence-corrected chi connectivity index (χ3v) is 9.64. The molecule has 0 unspecified atom stereocenters. The molecule has 3 heteroatoms. The molecule has 1 aliphatic heterocycles. The SMILES string of the molecule is C=C(/C=C/CCCCCC)C[C@H]1O[C@@H]1CO[Si](C)(C)C(C)(C)C. The van der Waals surface area contributed by atoms with E-state index >= 15 is 0 Å². The number of hydrogen-bond donors (Lipinski definition) is 0. The molecule has 2 atom stereocenters. The topological polar surface area (TPSA) is 21.8 Å². The van der Waals surface area contributed by atoms with E-state index in [9.17, 15) is 0 Å². The molecule has 0 aliphatic carbocycles. The molecule has 0 N–H and O–H groups in total. The highest BCUT2D eigenvalue weighted by molar-refractivity contribution is 6.74. The smallest absolute Gasteiger partial charge is 0.192 e. The molecule has 1 aliphatic rings. The molecule has 0 saturated carbocycles. The lowest BCUT2D eigenvalue weighted by Crippen LogP contribution is -2.41. The van der Waals surface area contributed by atoms with Crippen molar-refractivity contribution in [2.75, 3.05) is 6.61 Å². The van der Waals surface area contributed by atoms with Gasteiger partial charge < -0.3 is 9.16 Å². The van der Waals surface area contributed by atoms with Crippen LogP contribution >= 0.6 is 0 Å². The van der Waals surface area contributed by atoms with Crippen LogP contribution in [-0.4, -0.2) is 27.1 Å². The van der Waals surface area contributed by atoms with Crippen molar-refractivity contribution < 1.29 is 9.16 Å². The molecule has 0 aromatic heterocycles. The van der Waals surface area contributed by atoms with Gasteiger partial charge in [0.05, 0.1) is 12.7 Å². The minimum Gasteiger partial charge on any atom is -0.414 e. The summed E-state index contributed by atoms with van der Waals surface area (Å²) in [4.78, 5) is 0. The fourth-order valence-electron chi connectivity index (χ4n) is 2.28. The van der Waals surface area contributed by atoms with Crippen LogP contribution in [0.15, 0.2) is 24.3 Å². The van der Waals surface area contributed by atoms with E-state index in [0.29, 0.717) is 6.10 Å². The zero-order valence-electron chi connectivity index (χ0n) is 16.3. The Kier molecular flexibility index (Phi) is 8.26. The first kappa shape index (κ1) is 20.7. The molecule has 1 rings (SSSR count). The van der Waals surface area contributed by atoms with E-state index in [0.717, 1.165) is 13.0 Å². The molecule has 0 aromatic carbocycles. The predicted molar refractivity (Wildman–Crippen MR) is 103 cm³/mol. The Hall–Kier alpha value is -0.383. The van der Waals surface area contributed by atoms with Gasteiger partial charge in [-0.25, -0.2) is 0 Å². The fourth-order valence-corrected chi connectivity index (χ4v) is 3.29. The molecule has 1 saturated heterocycles. The molecule has 0 amide bonds. The van der Waals surface area contributed by atoms with Crippen molar-refractivity contribution in [2.45, 2.75) is 96.6 Å². The summed E-state index contributed by atoms with van der Waals surface area (Å²) in [5, 5.41) is 0.265. The zero-order chi connectivity index (χ0) is 17.5. The van der Waals surface area contributed by atoms with E-state index in [4.69, 9.17) is 9.16 Å². The van der Waals surface area contributed by atoms with E-state index in [1.165, 1.54) is 37.7 Å². The second kappa shape index (κ2) is 9.19. The number of ether oxygens (including phenoxy) is 1. The van der Waals surface area contributed by atoms with Crippen molar-refractivity contribution in [3.8, 4) is 0 Å². The molecule has 23 heavy (non-hydrogen) atoms. The highest BCUT2D eigenvalue weighted by atomic mass is 28.4. The van der Waals surface area contributed by atoms with Gasteiger partial charge in [-0.2, -0.15) is 0 Å². The van der Waals surface area contributed by atoms with E-state index in [2.05, 4.69) is 59.5 Å². The van der Waals surface area contributed by atoms with Crippen LogP contribution in [0.3, 0.4) is 0 Å². The summed E-state index contributed by atoms with van der Waals surface area (Å²) < 4.78 is 12.0. The van der Waals surface area contributed by atoms with Crippen molar-refractivity contribution >= 4 is 8.32 Å². The minimum atomic E-state index is -1.65. The standard InChI is InChI=1S/C20H38O2Si/c1-8-9-10-11-12-13-14-17(2)15-18-19(22-18)16-21-23(6,7)20(3,4)5/h13-14,18-19H,2,8-12,15-16H2,1,3-7H3/b14-13+/t18-,19-/m1/s1. The second-order valence-electron chi connectivity index (χ2n) is 8.40. The number of unbranched alkanes of at least 4 members (excludes halogenated alkanes) is 4. The Morgan fingerprint density at radius 2 is 1.87 bits per heavy atom. The average Bonchev–Trinajstić information content (AvgIpc) is 3.17. The Morgan fingerprint density at radius 3 is 2.48 bits per heavy atom. The molecule has 2 nitrogen and oxygen atoms in total. The van der Waals surface area contributed by atoms with Gasteiger partial charge in [0, 0.05) is 6.42 Å². The van der Waals surface area contributed by atoms with Gasteiger partial charge in [-0.3, -0.25) is 0 Å². The van der Waals surface area contributed by atoms with E-state index in [-0.39, 0.29) is 11.1 Å². The number of hydrogen-bond acceptors (Lipinski definition) is 2. The van der Waals surface area contributed by atoms with E-state index in [1.807, 2.05) is 0 Å². The third kappa shape index (κ3) is 7.82. The Labute approximate surface area is 145 Å². The van der Waals surface area contributed by atoms with Gasteiger partial charge >= 0.3 is 0 Å². The number of allylic oxidation sites excluding steroid dienone is 2. The largest absolute Gasteiger partial charge is 0.414 e. The highest BCUT2D eigenvalue weighted by Gasteiger charge is 2.43. The second-order valence-corrected chi connectivity index (χ2v) is 13.2. The molecular weight excluding hydrogens is 300 g/mol. The third-order valence-electron chi connectivity index (χ3n) is 5.14.